The van der Waals surface area contributed by atoms with Crippen LogP contribution in [-0.2, 0) is 13.6 Å². The summed E-state index contributed by atoms with van der Waals surface area (Å²) in [7, 11) is 1.76. The summed E-state index contributed by atoms with van der Waals surface area (Å²) < 4.78 is 0. The Hall–Kier alpha value is -1.91. The first-order valence-corrected chi connectivity index (χ1v) is 5.61. The van der Waals surface area contributed by atoms with E-state index < -0.39 is 0 Å². The van der Waals surface area contributed by atoms with Crippen LogP contribution in [0.3, 0.4) is 0 Å². The predicted molar refractivity (Wildman–Crippen MR) is 66.8 cm³/mol. The Morgan fingerprint density at radius 3 is 2.35 bits per heavy atom. The van der Waals surface area contributed by atoms with E-state index in [-0.39, 0.29) is 0 Å². The zero-order valence-corrected chi connectivity index (χ0v) is 10.7. The molecule has 0 aliphatic rings. The summed E-state index contributed by atoms with van der Waals surface area (Å²) in [6, 6.07) is 4.33. The minimum Gasteiger partial charge on any atom is -0.377 e. The number of rotatable bonds is 3. The molecule has 1 N–H and O–H groups in total. The van der Waals surface area contributed by atoms with E-state index in [0.717, 1.165) is 5.69 Å². The SMILES string of the molecule is Cc1cc(C)c(NCc2nnn(C)n2)c(C)c1. The monoisotopic (exact) mass is 231 g/mol. The quantitative estimate of drug-likeness (QED) is 0.874. The topological polar surface area (TPSA) is 55.6 Å². The molecule has 0 spiro atoms. The second-order valence-electron chi connectivity index (χ2n) is 4.32. The maximum Gasteiger partial charge on any atom is 0.193 e. The van der Waals surface area contributed by atoms with Crippen LogP contribution in [0.4, 0.5) is 5.69 Å². The number of benzene rings is 1. The molecular weight excluding hydrogens is 214 g/mol. The van der Waals surface area contributed by atoms with Crippen LogP contribution in [0.15, 0.2) is 12.1 Å². The Morgan fingerprint density at radius 1 is 1.18 bits per heavy atom. The number of hydrogen-bond acceptors (Lipinski definition) is 4. The van der Waals surface area contributed by atoms with Gasteiger partial charge in [-0.05, 0) is 37.1 Å². The molecule has 0 fully saturated rings. The molecule has 5 nitrogen and oxygen atoms in total. The highest BCUT2D eigenvalue weighted by molar-refractivity contribution is 5.58. The standard InChI is InChI=1S/C12H17N5/c1-8-5-9(2)12(10(3)6-8)13-7-11-14-16-17(4)15-11/h5-6,13H,7H2,1-4H3. The second-order valence-corrected chi connectivity index (χ2v) is 4.32. The first-order valence-electron chi connectivity index (χ1n) is 5.61. The second kappa shape index (κ2) is 4.53. The van der Waals surface area contributed by atoms with E-state index in [1.165, 1.54) is 21.5 Å². The van der Waals surface area contributed by atoms with Gasteiger partial charge in [0.25, 0.3) is 0 Å². The third kappa shape index (κ3) is 2.61. The Balaban J connectivity index is 2.14. The summed E-state index contributed by atoms with van der Waals surface area (Å²) in [5, 5.41) is 15.2. The fraction of sp³-hybridized carbons (Fsp3) is 0.417. The van der Waals surface area contributed by atoms with Gasteiger partial charge in [0.2, 0.25) is 0 Å². The number of hydrogen-bond donors (Lipinski definition) is 1. The van der Waals surface area contributed by atoms with Crippen molar-refractivity contribution in [2.24, 2.45) is 7.05 Å². The summed E-state index contributed by atoms with van der Waals surface area (Å²) >= 11 is 0. The number of nitrogens with one attached hydrogen (secondary N) is 1. The van der Waals surface area contributed by atoms with E-state index in [9.17, 15) is 0 Å². The molecule has 2 aromatic rings. The first-order chi connectivity index (χ1) is 8.06. The van der Waals surface area contributed by atoms with Gasteiger partial charge in [-0.2, -0.15) is 4.80 Å². The highest BCUT2D eigenvalue weighted by atomic mass is 15.6. The zero-order valence-electron chi connectivity index (χ0n) is 10.7. The van der Waals surface area contributed by atoms with Crippen LogP contribution >= 0.6 is 0 Å². The highest BCUT2D eigenvalue weighted by Crippen LogP contribution is 2.22. The number of tetrazole rings is 1. The molecule has 0 atom stereocenters. The normalized spacial score (nSPS) is 10.6. The van der Waals surface area contributed by atoms with Gasteiger partial charge >= 0.3 is 0 Å². The molecular formula is C12H17N5. The molecule has 0 radical (unpaired) electrons. The van der Waals surface area contributed by atoms with Crippen LogP contribution in [0.1, 0.15) is 22.5 Å². The van der Waals surface area contributed by atoms with Crippen molar-refractivity contribution in [3.05, 3.63) is 34.6 Å². The van der Waals surface area contributed by atoms with Gasteiger partial charge in [0.1, 0.15) is 0 Å². The van der Waals surface area contributed by atoms with Gasteiger partial charge < -0.3 is 5.32 Å². The number of anilines is 1. The molecule has 17 heavy (non-hydrogen) atoms. The smallest absolute Gasteiger partial charge is 0.193 e. The molecule has 2 rings (SSSR count). The molecule has 90 valence electrons. The zero-order chi connectivity index (χ0) is 12.4. The molecule has 1 heterocycles. The summed E-state index contributed by atoms with van der Waals surface area (Å²) in [5.74, 6) is 0.701. The average molecular weight is 231 g/mol. The van der Waals surface area contributed by atoms with Crippen molar-refractivity contribution in [3.8, 4) is 0 Å². The molecule has 0 unspecified atom stereocenters. The lowest BCUT2D eigenvalue weighted by Crippen LogP contribution is -2.05. The lowest BCUT2D eigenvalue weighted by atomic mass is 10.1. The molecule has 0 saturated heterocycles. The van der Waals surface area contributed by atoms with Crippen LogP contribution < -0.4 is 5.32 Å². The van der Waals surface area contributed by atoms with Crippen LogP contribution in [0.5, 0.6) is 0 Å². The number of nitrogens with zero attached hydrogens (tertiary/aromatic N) is 4. The highest BCUT2D eigenvalue weighted by Gasteiger charge is 2.05. The molecule has 1 aromatic carbocycles. The maximum atomic E-state index is 4.13. The van der Waals surface area contributed by atoms with Crippen molar-refractivity contribution >= 4 is 5.69 Å². The maximum absolute atomic E-state index is 4.13. The van der Waals surface area contributed by atoms with E-state index in [1.54, 1.807) is 7.05 Å². The van der Waals surface area contributed by atoms with Crippen LogP contribution in [-0.4, -0.2) is 20.2 Å². The van der Waals surface area contributed by atoms with Crippen LogP contribution in [0.2, 0.25) is 0 Å². The Morgan fingerprint density at radius 2 is 1.82 bits per heavy atom. The molecule has 0 saturated carbocycles. The van der Waals surface area contributed by atoms with Crippen molar-refractivity contribution in [3.63, 3.8) is 0 Å². The van der Waals surface area contributed by atoms with Gasteiger partial charge in [-0.25, -0.2) is 0 Å². The molecule has 0 amide bonds. The molecule has 0 aliphatic heterocycles. The minimum absolute atomic E-state index is 0.596. The third-order valence-electron chi connectivity index (χ3n) is 2.65. The Kier molecular flexibility index (Phi) is 3.08. The summed E-state index contributed by atoms with van der Waals surface area (Å²) in [4.78, 5) is 1.46. The summed E-state index contributed by atoms with van der Waals surface area (Å²) in [6.45, 7) is 6.91. The van der Waals surface area contributed by atoms with E-state index >= 15 is 0 Å². The fourth-order valence-electron chi connectivity index (χ4n) is 2.02. The molecule has 0 aliphatic carbocycles. The van der Waals surface area contributed by atoms with E-state index in [1.807, 2.05) is 0 Å². The number of aromatic nitrogens is 4. The largest absolute Gasteiger partial charge is 0.377 e. The Labute approximate surface area is 101 Å². The van der Waals surface area contributed by atoms with Gasteiger partial charge in [-0.1, -0.05) is 17.7 Å². The van der Waals surface area contributed by atoms with Crippen molar-refractivity contribution in [1.29, 1.82) is 0 Å². The van der Waals surface area contributed by atoms with Gasteiger partial charge in [-0.15, -0.1) is 10.2 Å². The number of aryl methyl sites for hydroxylation is 4. The minimum atomic E-state index is 0.596. The van der Waals surface area contributed by atoms with Gasteiger partial charge in [0.15, 0.2) is 5.82 Å². The fourth-order valence-corrected chi connectivity index (χ4v) is 2.02. The van der Waals surface area contributed by atoms with Gasteiger partial charge in [0.05, 0.1) is 13.6 Å². The lowest BCUT2D eigenvalue weighted by Gasteiger charge is -2.12. The van der Waals surface area contributed by atoms with Crippen LogP contribution in [0, 0.1) is 20.8 Å². The van der Waals surface area contributed by atoms with E-state index in [0.29, 0.717) is 12.4 Å². The van der Waals surface area contributed by atoms with Crippen molar-refractivity contribution in [1.82, 2.24) is 20.2 Å². The van der Waals surface area contributed by atoms with Crippen LogP contribution in [0.25, 0.3) is 0 Å². The third-order valence-corrected chi connectivity index (χ3v) is 2.65. The van der Waals surface area contributed by atoms with Gasteiger partial charge in [-0.3, -0.25) is 0 Å². The summed E-state index contributed by atoms with van der Waals surface area (Å²) in [6.07, 6.45) is 0. The average Bonchev–Trinajstić information content (AvgIpc) is 2.62. The Bertz CT molecular complexity index is 506. The molecule has 0 bridgehead atoms. The molecule has 5 heteroatoms. The van der Waals surface area contributed by atoms with E-state index in [4.69, 9.17) is 0 Å². The lowest BCUT2D eigenvalue weighted by molar-refractivity contribution is 0.628. The van der Waals surface area contributed by atoms with Crippen molar-refractivity contribution in [2.75, 3.05) is 5.32 Å². The molecule has 1 aromatic heterocycles. The summed E-state index contributed by atoms with van der Waals surface area (Å²) in [5.41, 5.74) is 4.92. The van der Waals surface area contributed by atoms with Crippen molar-refractivity contribution in [2.45, 2.75) is 27.3 Å². The predicted octanol–water partition coefficient (Wildman–Crippen LogP) is 1.75. The van der Waals surface area contributed by atoms with Gasteiger partial charge in [0, 0.05) is 5.69 Å². The van der Waals surface area contributed by atoms with E-state index in [2.05, 4.69) is 53.6 Å². The van der Waals surface area contributed by atoms with Crippen molar-refractivity contribution < 1.29 is 0 Å². The first kappa shape index (κ1) is 11.6.